The number of aldehydes is 1. The Labute approximate surface area is 223 Å². The molecule has 212 valence electrons. The Morgan fingerprint density at radius 1 is 1.00 bits per heavy atom. The van der Waals surface area contributed by atoms with Crippen molar-refractivity contribution in [3.8, 4) is 0 Å². The number of carbonyl (C=O) groups excluding carboxylic acids is 2. The molecule has 0 spiro atoms. The van der Waals surface area contributed by atoms with Gasteiger partial charge in [-0.3, -0.25) is 0 Å². The maximum atomic E-state index is 12.9. The molecule has 4 aliphatic carbocycles. The van der Waals surface area contributed by atoms with Crippen molar-refractivity contribution in [3.63, 3.8) is 0 Å². The molecule has 0 aromatic heterocycles. The highest BCUT2D eigenvalue weighted by molar-refractivity contribution is 5.85. The molecule has 0 aromatic carbocycles. The molecule has 2 heterocycles. The first-order chi connectivity index (χ1) is 18.0. The average molecular weight is 535 g/mol. The van der Waals surface area contributed by atoms with E-state index in [1.807, 2.05) is 0 Å². The van der Waals surface area contributed by atoms with Gasteiger partial charge in [-0.05, 0) is 94.0 Å². The summed E-state index contributed by atoms with van der Waals surface area (Å²) in [5.74, 6) is 0.0678. The molecule has 9 heteroatoms. The molecule has 0 bridgehead atoms. The van der Waals surface area contributed by atoms with Crippen LogP contribution in [0.5, 0.6) is 0 Å². The summed E-state index contributed by atoms with van der Waals surface area (Å²) in [6.07, 6.45) is 3.80. The number of hydrogen-bond acceptors (Lipinski definition) is 9. The van der Waals surface area contributed by atoms with Gasteiger partial charge in [-0.2, -0.15) is 0 Å². The summed E-state index contributed by atoms with van der Waals surface area (Å²) in [5.41, 5.74) is -0.739. The van der Waals surface area contributed by atoms with Crippen LogP contribution in [0.3, 0.4) is 0 Å². The second kappa shape index (κ2) is 9.35. The molecule has 9 nitrogen and oxygen atoms in total. The molecule has 38 heavy (non-hydrogen) atoms. The molecule has 1 saturated heterocycles. The van der Waals surface area contributed by atoms with Crippen LogP contribution in [0.25, 0.3) is 0 Å². The smallest absolute Gasteiger partial charge is 0.331 e. The quantitative estimate of drug-likeness (QED) is 0.240. The Hall–Kier alpha value is -1.36. The monoisotopic (exact) mass is 534 g/mol. The molecule has 13 atom stereocenters. The summed E-state index contributed by atoms with van der Waals surface area (Å²) < 4.78 is 17.0. The molecular weight excluding hydrogens is 492 g/mol. The maximum absolute atomic E-state index is 12.9. The van der Waals surface area contributed by atoms with Crippen LogP contribution in [0.1, 0.15) is 71.6 Å². The first kappa shape index (κ1) is 26.8. The molecule has 4 N–H and O–H groups in total. The summed E-state index contributed by atoms with van der Waals surface area (Å²) in [7, 11) is 0. The van der Waals surface area contributed by atoms with Crippen LogP contribution in [0.2, 0.25) is 0 Å². The average Bonchev–Trinajstić information content (AvgIpc) is 3.45. The van der Waals surface area contributed by atoms with Gasteiger partial charge in [-0.25, -0.2) is 4.79 Å². The number of cyclic esters (lactones) is 1. The van der Waals surface area contributed by atoms with Crippen molar-refractivity contribution < 1.29 is 44.2 Å². The number of esters is 1. The summed E-state index contributed by atoms with van der Waals surface area (Å²) in [5, 5.41) is 42.9. The van der Waals surface area contributed by atoms with Gasteiger partial charge in [-0.1, -0.05) is 6.92 Å². The second-order valence-corrected chi connectivity index (χ2v) is 13.2. The number of ether oxygens (including phenoxy) is 3. The molecular formula is C29H42O9. The minimum atomic E-state index is -1.34. The molecule has 12 unspecified atom stereocenters. The number of aliphatic hydroxyl groups is 4. The van der Waals surface area contributed by atoms with Crippen molar-refractivity contribution in [2.75, 3.05) is 6.61 Å². The van der Waals surface area contributed by atoms with Crippen molar-refractivity contribution in [2.45, 2.75) is 114 Å². The standard InChI is InChI=1S/C29H42O9/c1-15-23(32)24(33)25(34)26(37-15)38-18-5-9-28(14-30)17(12-18)3-4-21-20(28)6-8-27(2)19(7-10-29(21,27)35)16-11-22(31)36-13-16/h11,14-15,17-21,23-26,32-35H,3-10,12-13H2,1-2H3/t15?,17-,18?,19?,20?,21?,23?,24?,25?,26?,27?,28?,29?/m0/s1. The van der Waals surface area contributed by atoms with E-state index < -0.39 is 41.7 Å². The normalized spacial score (nSPS) is 54.4. The molecule has 4 saturated carbocycles. The maximum Gasteiger partial charge on any atom is 0.331 e. The van der Waals surface area contributed by atoms with E-state index in [9.17, 15) is 30.0 Å². The summed E-state index contributed by atoms with van der Waals surface area (Å²) >= 11 is 0. The Morgan fingerprint density at radius 3 is 2.50 bits per heavy atom. The summed E-state index contributed by atoms with van der Waals surface area (Å²) in [6.45, 7) is 4.13. The predicted octanol–water partition coefficient (Wildman–Crippen LogP) is 1.64. The van der Waals surface area contributed by atoms with Gasteiger partial charge in [-0.15, -0.1) is 0 Å². The largest absolute Gasteiger partial charge is 0.458 e. The first-order valence-corrected chi connectivity index (χ1v) is 14.4. The third-order valence-electron chi connectivity index (χ3n) is 11.9. The van der Waals surface area contributed by atoms with Crippen molar-refractivity contribution in [2.24, 2.45) is 34.5 Å². The highest BCUT2D eigenvalue weighted by atomic mass is 16.7. The fourth-order valence-electron chi connectivity index (χ4n) is 9.73. The van der Waals surface area contributed by atoms with E-state index in [-0.39, 0.29) is 41.2 Å². The van der Waals surface area contributed by atoms with E-state index in [1.165, 1.54) is 6.29 Å². The van der Waals surface area contributed by atoms with E-state index >= 15 is 0 Å². The van der Waals surface area contributed by atoms with E-state index in [1.54, 1.807) is 13.0 Å². The molecule has 6 rings (SSSR count). The second-order valence-electron chi connectivity index (χ2n) is 13.2. The van der Waals surface area contributed by atoms with E-state index in [4.69, 9.17) is 14.2 Å². The van der Waals surface area contributed by atoms with Gasteiger partial charge in [0.2, 0.25) is 0 Å². The number of fused-ring (bicyclic) bond motifs is 5. The van der Waals surface area contributed by atoms with Crippen LogP contribution in [0.15, 0.2) is 11.6 Å². The van der Waals surface area contributed by atoms with E-state index in [0.717, 1.165) is 37.7 Å². The Kier molecular flexibility index (Phi) is 6.60. The number of aliphatic hydroxyl groups excluding tert-OH is 3. The Balaban J connectivity index is 1.19. The topological polar surface area (TPSA) is 143 Å². The molecule has 0 aromatic rings. The molecule has 6 aliphatic rings. The lowest BCUT2D eigenvalue weighted by Crippen LogP contribution is -2.63. The SMILES string of the molecule is CC1OC(OC2CCC3(C=O)C4CCC5(C)C(C6=CC(=O)OC6)CCC5(O)C4CC[C@H]3C2)C(O)C(O)C1O. The molecule has 0 amide bonds. The van der Waals surface area contributed by atoms with E-state index in [0.29, 0.717) is 32.3 Å². The highest BCUT2D eigenvalue weighted by Crippen LogP contribution is 2.69. The zero-order valence-electron chi connectivity index (χ0n) is 22.3. The zero-order valence-corrected chi connectivity index (χ0v) is 22.3. The van der Waals surface area contributed by atoms with Crippen LogP contribution >= 0.6 is 0 Å². The van der Waals surface area contributed by atoms with E-state index in [2.05, 4.69) is 6.92 Å². The lowest BCUT2D eigenvalue weighted by molar-refractivity contribution is -0.309. The van der Waals surface area contributed by atoms with Gasteiger partial charge in [0.15, 0.2) is 6.29 Å². The van der Waals surface area contributed by atoms with Gasteiger partial charge < -0.3 is 39.4 Å². The van der Waals surface area contributed by atoms with Gasteiger partial charge >= 0.3 is 5.97 Å². The van der Waals surface area contributed by atoms with Crippen molar-refractivity contribution in [1.29, 1.82) is 0 Å². The van der Waals surface area contributed by atoms with Crippen molar-refractivity contribution in [3.05, 3.63) is 11.6 Å². The van der Waals surface area contributed by atoms with Gasteiger partial charge in [0.1, 0.15) is 31.2 Å². The lowest BCUT2D eigenvalue weighted by atomic mass is 9.43. The third kappa shape index (κ3) is 3.72. The highest BCUT2D eigenvalue weighted by Gasteiger charge is 2.68. The third-order valence-corrected chi connectivity index (χ3v) is 11.9. The van der Waals surface area contributed by atoms with Crippen LogP contribution in [-0.4, -0.2) is 81.7 Å². The minimum Gasteiger partial charge on any atom is -0.458 e. The number of hydrogen-bond donors (Lipinski definition) is 4. The fourth-order valence-corrected chi connectivity index (χ4v) is 9.73. The van der Waals surface area contributed by atoms with Crippen molar-refractivity contribution >= 4 is 12.3 Å². The van der Waals surface area contributed by atoms with Gasteiger partial charge in [0.05, 0.1) is 17.8 Å². The predicted molar refractivity (Wildman–Crippen MR) is 133 cm³/mol. The summed E-state index contributed by atoms with van der Waals surface area (Å²) in [4.78, 5) is 24.7. The molecule has 2 aliphatic heterocycles. The fraction of sp³-hybridized carbons (Fsp3) is 0.862. The minimum absolute atomic E-state index is 0.0322. The van der Waals surface area contributed by atoms with Gasteiger partial charge in [0.25, 0.3) is 0 Å². The molecule has 5 fully saturated rings. The number of rotatable bonds is 4. The first-order valence-electron chi connectivity index (χ1n) is 14.4. The molecule has 0 radical (unpaired) electrons. The Bertz CT molecular complexity index is 999. The van der Waals surface area contributed by atoms with Gasteiger partial charge in [0, 0.05) is 16.9 Å². The van der Waals surface area contributed by atoms with Crippen LogP contribution < -0.4 is 0 Å². The lowest BCUT2D eigenvalue weighted by Gasteiger charge is -2.63. The summed E-state index contributed by atoms with van der Waals surface area (Å²) in [6, 6.07) is 0. The van der Waals surface area contributed by atoms with Crippen LogP contribution in [0, 0.1) is 34.5 Å². The van der Waals surface area contributed by atoms with Crippen molar-refractivity contribution in [1.82, 2.24) is 0 Å². The number of carbonyl (C=O) groups is 2. The van der Waals surface area contributed by atoms with Crippen LogP contribution in [0.4, 0.5) is 0 Å². The zero-order chi connectivity index (χ0) is 27.0. The Morgan fingerprint density at radius 2 is 1.79 bits per heavy atom. The van der Waals surface area contributed by atoms with Crippen LogP contribution in [-0.2, 0) is 23.8 Å².